The molecule has 0 bridgehead atoms. The molecule has 0 radical (unpaired) electrons. The molecule has 0 N–H and O–H groups in total. The van der Waals surface area contributed by atoms with Gasteiger partial charge in [-0.1, -0.05) is 53.4 Å². The molecule has 1 aromatic rings. The van der Waals surface area contributed by atoms with E-state index in [4.69, 9.17) is 4.74 Å². The Labute approximate surface area is 117 Å². The highest BCUT2D eigenvalue weighted by atomic mass is 79.9. The van der Waals surface area contributed by atoms with Crippen LogP contribution in [-0.4, -0.2) is 11.9 Å². The van der Waals surface area contributed by atoms with Gasteiger partial charge in [-0.2, -0.15) is 0 Å². The Morgan fingerprint density at radius 2 is 2.11 bits per heavy atom. The lowest BCUT2D eigenvalue weighted by molar-refractivity contribution is -0.0286. The largest absolute Gasteiger partial charge is 0.370 e. The van der Waals surface area contributed by atoms with E-state index in [1.165, 1.54) is 25.3 Å². The summed E-state index contributed by atoms with van der Waals surface area (Å²) in [6.07, 6.45) is 5.10. The monoisotopic (exact) mass is 314 g/mol. The van der Waals surface area contributed by atoms with E-state index in [1.807, 2.05) is 13.0 Å². The Kier molecular flexibility index (Phi) is 4.79. The van der Waals surface area contributed by atoms with Crippen LogP contribution in [0, 0.1) is 11.7 Å². The van der Waals surface area contributed by atoms with Gasteiger partial charge in [0.05, 0.1) is 0 Å². The first-order valence-corrected chi connectivity index (χ1v) is 7.73. The van der Waals surface area contributed by atoms with Crippen LogP contribution in [0.4, 0.5) is 4.39 Å². The van der Waals surface area contributed by atoms with Gasteiger partial charge in [0, 0.05) is 17.5 Å². The summed E-state index contributed by atoms with van der Waals surface area (Å²) in [5, 5.41) is 0.603. The first-order chi connectivity index (χ1) is 8.65. The molecule has 0 spiro atoms. The molecule has 1 aromatic carbocycles. The minimum atomic E-state index is -0.574. The predicted molar refractivity (Wildman–Crippen MR) is 75.5 cm³/mol. The third kappa shape index (κ3) is 3.12. The van der Waals surface area contributed by atoms with Gasteiger partial charge in [0.15, 0.2) is 0 Å². The fourth-order valence-electron chi connectivity index (χ4n) is 2.31. The Bertz CT molecular complexity index is 392. The highest BCUT2D eigenvalue weighted by Crippen LogP contribution is 2.33. The molecule has 0 aliphatic heterocycles. The number of ether oxygens (including phenoxy) is 1. The summed E-state index contributed by atoms with van der Waals surface area (Å²) in [4.78, 5) is 0. The third-order valence-electron chi connectivity index (χ3n) is 3.87. The van der Waals surface area contributed by atoms with Gasteiger partial charge in [0.1, 0.15) is 11.4 Å². The quantitative estimate of drug-likeness (QED) is 0.695. The summed E-state index contributed by atoms with van der Waals surface area (Å²) in [6, 6.07) is 6.86. The van der Waals surface area contributed by atoms with Crippen LogP contribution >= 0.6 is 15.9 Å². The summed E-state index contributed by atoms with van der Waals surface area (Å²) in [7, 11) is 0. The molecule has 1 saturated carbocycles. The van der Waals surface area contributed by atoms with Crippen molar-refractivity contribution < 1.29 is 9.13 Å². The van der Waals surface area contributed by atoms with Crippen molar-refractivity contribution in [2.24, 2.45) is 5.92 Å². The van der Waals surface area contributed by atoms with Crippen molar-refractivity contribution in [2.45, 2.75) is 38.2 Å². The van der Waals surface area contributed by atoms with Gasteiger partial charge in [-0.15, -0.1) is 0 Å². The van der Waals surface area contributed by atoms with Crippen LogP contribution in [0.2, 0.25) is 0 Å². The van der Waals surface area contributed by atoms with Crippen molar-refractivity contribution in [3.8, 4) is 0 Å². The molecular weight excluding hydrogens is 295 g/mol. The normalized spacial score (nSPS) is 19.3. The highest BCUT2D eigenvalue weighted by Gasteiger charge is 2.29. The Morgan fingerprint density at radius 3 is 2.67 bits per heavy atom. The lowest BCUT2D eigenvalue weighted by Gasteiger charge is -2.31. The zero-order chi connectivity index (χ0) is 13.0. The third-order valence-corrected chi connectivity index (χ3v) is 4.94. The van der Waals surface area contributed by atoms with E-state index in [2.05, 4.69) is 15.9 Å². The summed E-state index contributed by atoms with van der Waals surface area (Å²) >= 11 is 3.45. The molecule has 2 rings (SSSR count). The van der Waals surface area contributed by atoms with Crippen molar-refractivity contribution >= 4 is 15.9 Å². The lowest BCUT2D eigenvalue weighted by atomic mass is 9.83. The molecule has 1 aliphatic carbocycles. The maximum Gasteiger partial charge on any atom is 0.129 e. The van der Waals surface area contributed by atoms with Crippen LogP contribution in [0.1, 0.15) is 38.2 Å². The Balaban J connectivity index is 1.98. The van der Waals surface area contributed by atoms with Crippen LogP contribution in [-0.2, 0) is 10.3 Å². The molecule has 0 saturated heterocycles. The molecule has 3 heteroatoms. The molecule has 100 valence electrons. The minimum absolute atomic E-state index is 0.192. The second-order valence-electron chi connectivity index (χ2n) is 5.28. The fourth-order valence-corrected chi connectivity index (χ4v) is 2.77. The van der Waals surface area contributed by atoms with Crippen LogP contribution in [0.5, 0.6) is 0 Å². The highest BCUT2D eigenvalue weighted by molar-refractivity contribution is 9.09. The maximum atomic E-state index is 13.8. The molecule has 1 nitrogen and oxygen atoms in total. The summed E-state index contributed by atoms with van der Waals surface area (Å²) < 4.78 is 19.8. The van der Waals surface area contributed by atoms with Crippen LogP contribution in [0.3, 0.4) is 0 Å². The van der Waals surface area contributed by atoms with Crippen molar-refractivity contribution in [1.29, 1.82) is 0 Å². The molecule has 1 fully saturated rings. The van der Waals surface area contributed by atoms with Gasteiger partial charge in [-0.25, -0.2) is 4.39 Å². The van der Waals surface area contributed by atoms with E-state index in [0.717, 1.165) is 12.3 Å². The fraction of sp³-hybridized carbons (Fsp3) is 0.600. The SMILES string of the molecule is CC(CBr)(OCCC1CCC1)c1ccccc1F. The van der Waals surface area contributed by atoms with Gasteiger partial charge in [-0.3, -0.25) is 0 Å². The second kappa shape index (κ2) is 6.16. The maximum absolute atomic E-state index is 13.8. The summed E-state index contributed by atoms with van der Waals surface area (Å²) in [5.41, 5.74) is 0.0604. The van der Waals surface area contributed by atoms with Crippen molar-refractivity contribution in [1.82, 2.24) is 0 Å². The summed E-state index contributed by atoms with van der Waals surface area (Å²) in [6.45, 7) is 2.65. The first-order valence-electron chi connectivity index (χ1n) is 6.60. The average Bonchev–Trinajstić information content (AvgIpc) is 2.32. The van der Waals surface area contributed by atoms with Gasteiger partial charge in [0.2, 0.25) is 0 Å². The van der Waals surface area contributed by atoms with Gasteiger partial charge in [0.25, 0.3) is 0 Å². The Hall–Kier alpha value is -0.410. The van der Waals surface area contributed by atoms with E-state index in [1.54, 1.807) is 12.1 Å². The molecule has 1 aliphatic rings. The van der Waals surface area contributed by atoms with E-state index in [9.17, 15) is 4.39 Å². The van der Waals surface area contributed by atoms with Gasteiger partial charge < -0.3 is 4.74 Å². The van der Waals surface area contributed by atoms with Crippen LogP contribution in [0.25, 0.3) is 0 Å². The standard InChI is InChI=1S/C15H20BrFO/c1-15(11-16,13-7-2-3-8-14(13)17)18-10-9-12-5-4-6-12/h2-3,7-8,12H,4-6,9-11H2,1H3. The number of rotatable bonds is 6. The van der Waals surface area contributed by atoms with E-state index in [-0.39, 0.29) is 5.82 Å². The van der Waals surface area contributed by atoms with Crippen molar-refractivity contribution in [2.75, 3.05) is 11.9 Å². The zero-order valence-electron chi connectivity index (χ0n) is 10.8. The first kappa shape index (κ1) is 14.0. The number of benzene rings is 1. The van der Waals surface area contributed by atoms with E-state index in [0.29, 0.717) is 17.5 Å². The molecule has 1 atom stereocenters. The second-order valence-corrected chi connectivity index (χ2v) is 5.84. The van der Waals surface area contributed by atoms with Crippen LogP contribution < -0.4 is 0 Å². The minimum Gasteiger partial charge on any atom is -0.370 e. The van der Waals surface area contributed by atoms with Crippen LogP contribution in [0.15, 0.2) is 24.3 Å². The summed E-state index contributed by atoms with van der Waals surface area (Å²) in [5.74, 6) is 0.633. The van der Waals surface area contributed by atoms with Crippen molar-refractivity contribution in [3.63, 3.8) is 0 Å². The lowest BCUT2D eigenvalue weighted by Crippen LogP contribution is -2.30. The number of alkyl halides is 1. The Morgan fingerprint density at radius 1 is 1.39 bits per heavy atom. The zero-order valence-corrected chi connectivity index (χ0v) is 12.4. The van der Waals surface area contributed by atoms with Gasteiger partial charge in [-0.05, 0) is 25.3 Å². The predicted octanol–water partition coefficient (Wildman–Crippen LogP) is 4.64. The smallest absolute Gasteiger partial charge is 0.129 e. The van der Waals surface area contributed by atoms with E-state index < -0.39 is 5.60 Å². The van der Waals surface area contributed by atoms with Gasteiger partial charge >= 0.3 is 0 Å². The average molecular weight is 315 g/mol. The number of halogens is 2. The molecule has 0 heterocycles. The number of hydrogen-bond acceptors (Lipinski definition) is 1. The molecule has 0 amide bonds. The topological polar surface area (TPSA) is 9.23 Å². The van der Waals surface area contributed by atoms with Crippen molar-refractivity contribution in [3.05, 3.63) is 35.6 Å². The molecular formula is C15H20BrFO. The molecule has 0 aromatic heterocycles. The molecule has 18 heavy (non-hydrogen) atoms. The number of hydrogen-bond donors (Lipinski definition) is 0. The molecule has 1 unspecified atom stereocenters. The van der Waals surface area contributed by atoms with E-state index >= 15 is 0 Å².